The van der Waals surface area contributed by atoms with Crippen LogP contribution in [0.25, 0.3) is 0 Å². The molecule has 0 aromatic heterocycles. The van der Waals surface area contributed by atoms with E-state index in [2.05, 4.69) is 5.32 Å². The van der Waals surface area contributed by atoms with Gasteiger partial charge in [-0.15, -0.1) is 0 Å². The molecule has 0 spiro atoms. The lowest BCUT2D eigenvalue weighted by molar-refractivity contribution is -0.148. The first-order valence-corrected chi connectivity index (χ1v) is 6.42. The number of nitrogens with one attached hydrogen (secondary N) is 1. The van der Waals surface area contributed by atoms with Crippen molar-refractivity contribution in [2.45, 2.75) is 38.5 Å². The van der Waals surface area contributed by atoms with Gasteiger partial charge in [-0.3, -0.25) is 0 Å². The minimum Gasteiger partial charge on any atom is -0.479 e. The van der Waals surface area contributed by atoms with Crippen molar-refractivity contribution in [1.29, 1.82) is 0 Å². The van der Waals surface area contributed by atoms with E-state index in [9.17, 15) is 14.7 Å². The first-order chi connectivity index (χ1) is 9.54. The SMILES string of the molecule is CCC[C@@H](NC(=O)OCc1ccccc1)[C@H](O)C(=O)O. The fourth-order valence-corrected chi connectivity index (χ4v) is 1.71. The van der Waals surface area contributed by atoms with E-state index < -0.39 is 24.2 Å². The van der Waals surface area contributed by atoms with Crippen LogP contribution in [-0.4, -0.2) is 34.4 Å². The fraction of sp³-hybridized carbons (Fsp3) is 0.429. The second-order valence-corrected chi connectivity index (χ2v) is 4.38. The second kappa shape index (κ2) is 8.16. The molecule has 0 saturated carbocycles. The third-order valence-corrected chi connectivity index (χ3v) is 2.75. The molecule has 1 aromatic carbocycles. The Kier molecular flexibility index (Phi) is 6.52. The lowest BCUT2D eigenvalue weighted by Crippen LogP contribution is -2.47. The Hall–Kier alpha value is -2.08. The summed E-state index contributed by atoms with van der Waals surface area (Å²) in [5, 5.41) is 20.6. The molecule has 0 saturated heterocycles. The van der Waals surface area contributed by atoms with Gasteiger partial charge in [0.05, 0.1) is 6.04 Å². The molecule has 1 aromatic rings. The van der Waals surface area contributed by atoms with Crippen LogP contribution in [0.4, 0.5) is 4.79 Å². The molecule has 0 fully saturated rings. The van der Waals surface area contributed by atoms with Gasteiger partial charge >= 0.3 is 12.1 Å². The zero-order chi connectivity index (χ0) is 15.0. The van der Waals surface area contributed by atoms with E-state index in [0.29, 0.717) is 12.8 Å². The number of aliphatic hydroxyl groups excluding tert-OH is 1. The summed E-state index contributed by atoms with van der Waals surface area (Å²) < 4.78 is 4.98. The van der Waals surface area contributed by atoms with Crippen LogP contribution in [0.1, 0.15) is 25.3 Å². The summed E-state index contributed by atoms with van der Waals surface area (Å²) in [5.74, 6) is -1.37. The molecule has 1 rings (SSSR count). The highest BCUT2D eigenvalue weighted by Crippen LogP contribution is 2.05. The fourth-order valence-electron chi connectivity index (χ4n) is 1.71. The third kappa shape index (κ3) is 5.27. The zero-order valence-electron chi connectivity index (χ0n) is 11.3. The summed E-state index contributed by atoms with van der Waals surface area (Å²) in [5.41, 5.74) is 0.827. The number of carboxylic acids is 1. The molecule has 110 valence electrons. The van der Waals surface area contributed by atoms with E-state index in [1.165, 1.54) is 0 Å². The second-order valence-electron chi connectivity index (χ2n) is 4.38. The van der Waals surface area contributed by atoms with Crippen LogP contribution in [0.5, 0.6) is 0 Å². The van der Waals surface area contributed by atoms with Crippen LogP contribution in [0.3, 0.4) is 0 Å². The first-order valence-electron chi connectivity index (χ1n) is 6.42. The minimum absolute atomic E-state index is 0.0919. The van der Waals surface area contributed by atoms with Crippen LogP contribution in [0, 0.1) is 0 Å². The standard InChI is InChI=1S/C14H19NO5/c1-2-6-11(12(16)13(17)18)15-14(19)20-9-10-7-4-3-5-8-10/h3-5,7-8,11-12,16H,2,6,9H2,1H3,(H,15,19)(H,17,18)/t11-,12+/m1/s1. The molecule has 0 heterocycles. The van der Waals surface area contributed by atoms with Gasteiger partial charge in [0.1, 0.15) is 6.61 Å². The number of alkyl carbamates (subject to hydrolysis) is 1. The Morgan fingerprint density at radius 1 is 1.30 bits per heavy atom. The molecule has 0 aliphatic heterocycles. The quantitative estimate of drug-likeness (QED) is 0.704. The summed E-state index contributed by atoms with van der Waals surface area (Å²) in [7, 11) is 0. The number of amides is 1. The summed E-state index contributed by atoms with van der Waals surface area (Å²) >= 11 is 0. The van der Waals surface area contributed by atoms with Crippen molar-refractivity contribution in [3.8, 4) is 0 Å². The lowest BCUT2D eigenvalue weighted by Gasteiger charge is -2.20. The third-order valence-electron chi connectivity index (χ3n) is 2.75. The minimum atomic E-state index is -1.64. The van der Waals surface area contributed by atoms with Crippen LogP contribution in [-0.2, 0) is 16.1 Å². The van der Waals surface area contributed by atoms with E-state index in [4.69, 9.17) is 9.84 Å². The van der Waals surface area contributed by atoms with Crippen molar-refractivity contribution >= 4 is 12.1 Å². The van der Waals surface area contributed by atoms with Gasteiger partial charge in [-0.1, -0.05) is 43.7 Å². The maximum absolute atomic E-state index is 11.6. The number of rotatable bonds is 7. The van der Waals surface area contributed by atoms with Gasteiger partial charge in [0.15, 0.2) is 6.10 Å². The molecule has 2 atom stereocenters. The number of carbonyl (C=O) groups excluding carboxylic acids is 1. The number of hydrogen-bond acceptors (Lipinski definition) is 4. The van der Waals surface area contributed by atoms with E-state index in [0.717, 1.165) is 5.56 Å². The number of ether oxygens (including phenoxy) is 1. The first kappa shape index (κ1) is 16.0. The van der Waals surface area contributed by atoms with Gasteiger partial charge < -0.3 is 20.3 Å². The highest BCUT2D eigenvalue weighted by atomic mass is 16.5. The largest absolute Gasteiger partial charge is 0.479 e. The van der Waals surface area contributed by atoms with Crippen molar-refractivity contribution < 1.29 is 24.5 Å². The van der Waals surface area contributed by atoms with Crippen molar-refractivity contribution in [3.63, 3.8) is 0 Å². The molecule has 0 unspecified atom stereocenters. The van der Waals surface area contributed by atoms with Crippen molar-refractivity contribution in [3.05, 3.63) is 35.9 Å². The highest BCUT2D eigenvalue weighted by molar-refractivity contribution is 5.75. The molecule has 0 radical (unpaired) electrons. The van der Waals surface area contributed by atoms with Crippen molar-refractivity contribution in [2.24, 2.45) is 0 Å². The molecule has 1 amide bonds. The monoisotopic (exact) mass is 281 g/mol. The normalized spacial score (nSPS) is 13.3. The predicted molar refractivity (Wildman–Crippen MR) is 72.1 cm³/mol. The van der Waals surface area contributed by atoms with Crippen LogP contribution < -0.4 is 5.32 Å². The van der Waals surface area contributed by atoms with Gasteiger partial charge in [-0.2, -0.15) is 0 Å². The highest BCUT2D eigenvalue weighted by Gasteiger charge is 2.26. The number of aliphatic carboxylic acids is 1. The van der Waals surface area contributed by atoms with Crippen LogP contribution in [0.15, 0.2) is 30.3 Å². The Bertz CT molecular complexity index is 434. The topological polar surface area (TPSA) is 95.9 Å². The van der Waals surface area contributed by atoms with Crippen LogP contribution >= 0.6 is 0 Å². The molecule has 6 heteroatoms. The molecular weight excluding hydrogens is 262 g/mol. The summed E-state index contributed by atoms with van der Waals surface area (Å²) in [6.45, 7) is 1.92. The molecule has 3 N–H and O–H groups in total. The Balaban J connectivity index is 2.47. The zero-order valence-corrected chi connectivity index (χ0v) is 11.3. The van der Waals surface area contributed by atoms with Gasteiger partial charge in [-0.05, 0) is 12.0 Å². The average molecular weight is 281 g/mol. The summed E-state index contributed by atoms with van der Waals surface area (Å²) in [6, 6.07) is 8.26. The maximum atomic E-state index is 11.6. The van der Waals surface area contributed by atoms with Crippen molar-refractivity contribution in [2.75, 3.05) is 0 Å². The Morgan fingerprint density at radius 3 is 2.50 bits per heavy atom. The number of aliphatic hydroxyl groups is 1. The van der Waals surface area contributed by atoms with E-state index in [1.54, 1.807) is 0 Å². The van der Waals surface area contributed by atoms with E-state index in [-0.39, 0.29) is 6.61 Å². The lowest BCUT2D eigenvalue weighted by atomic mass is 10.1. The number of carbonyl (C=O) groups is 2. The summed E-state index contributed by atoms with van der Waals surface area (Å²) in [4.78, 5) is 22.3. The molecule has 0 bridgehead atoms. The smallest absolute Gasteiger partial charge is 0.407 e. The van der Waals surface area contributed by atoms with E-state index in [1.807, 2.05) is 37.3 Å². The van der Waals surface area contributed by atoms with E-state index >= 15 is 0 Å². The van der Waals surface area contributed by atoms with Gasteiger partial charge in [-0.25, -0.2) is 9.59 Å². The van der Waals surface area contributed by atoms with Gasteiger partial charge in [0.25, 0.3) is 0 Å². The molecule has 20 heavy (non-hydrogen) atoms. The van der Waals surface area contributed by atoms with Gasteiger partial charge in [0, 0.05) is 0 Å². The molecule has 0 aliphatic rings. The number of hydrogen-bond donors (Lipinski definition) is 3. The maximum Gasteiger partial charge on any atom is 0.407 e. The average Bonchev–Trinajstić information content (AvgIpc) is 2.45. The van der Waals surface area contributed by atoms with Crippen molar-refractivity contribution in [1.82, 2.24) is 5.32 Å². The van der Waals surface area contributed by atoms with Gasteiger partial charge in [0.2, 0.25) is 0 Å². The molecular formula is C14H19NO5. The molecule has 0 aliphatic carbocycles. The number of benzene rings is 1. The molecule has 6 nitrogen and oxygen atoms in total. The number of carboxylic acid groups (broad SMARTS) is 1. The Labute approximate surface area is 117 Å². The van der Waals surface area contributed by atoms with Crippen LogP contribution in [0.2, 0.25) is 0 Å². The predicted octanol–water partition coefficient (Wildman–Crippen LogP) is 1.53. The summed E-state index contributed by atoms with van der Waals surface area (Å²) in [6.07, 6.45) is -1.39. The Morgan fingerprint density at radius 2 is 1.95 bits per heavy atom.